The lowest BCUT2D eigenvalue weighted by atomic mass is 9.73. The first-order chi connectivity index (χ1) is 15.0. The van der Waals surface area contributed by atoms with Crippen molar-refractivity contribution >= 4 is 22.4 Å². The van der Waals surface area contributed by atoms with Crippen LogP contribution in [0.4, 0.5) is 14.5 Å². The Bertz CT molecular complexity index is 1110. The quantitative estimate of drug-likeness (QED) is 0.288. The molecule has 1 aliphatic rings. The molecule has 4 nitrogen and oxygen atoms in total. The van der Waals surface area contributed by atoms with Crippen molar-refractivity contribution in [3.63, 3.8) is 0 Å². The van der Waals surface area contributed by atoms with Crippen molar-refractivity contribution in [3.8, 4) is 0 Å². The summed E-state index contributed by atoms with van der Waals surface area (Å²) in [5, 5.41) is 10.6. The average Bonchev–Trinajstić information content (AvgIpc) is 2.79. The number of aliphatic imine (C=N–C) groups is 1. The highest BCUT2D eigenvalue weighted by molar-refractivity contribution is 5.86. The molecule has 0 saturated heterocycles. The summed E-state index contributed by atoms with van der Waals surface area (Å²) in [6, 6.07) is 11.4. The van der Waals surface area contributed by atoms with Crippen LogP contribution < -0.4 is 5.48 Å². The number of fused-ring (bicyclic) bond motifs is 1. The van der Waals surface area contributed by atoms with Gasteiger partial charge in [0, 0.05) is 17.5 Å². The topological polar surface area (TPSA) is 57.5 Å². The number of pyridine rings is 1. The highest BCUT2D eigenvalue weighted by Crippen LogP contribution is 2.41. The predicted octanol–water partition coefficient (Wildman–Crippen LogP) is 6.44. The van der Waals surface area contributed by atoms with Gasteiger partial charge in [-0.3, -0.25) is 15.7 Å². The van der Waals surface area contributed by atoms with E-state index in [0.29, 0.717) is 28.9 Å². The number of hydroxylamine groups is 1. The molecule has 1 fully saturated rings. The van der Waals surface area contributed by atoms with E-state index >= 15 is 0 Å². The zero-order chi connectivity index (χ0) is 22.0. The molecular formula is C25H27F2N3O. The Morgan fingerprint density at radius 2 is 1.87 bits per heavy atom. The second-order valence-electron chi connectivity index (χ2n) is 8.50. The van der Waals surface area contributed by atoms with Crippen LogP contribution >= 0.6 is 0 Å². The van der Waals surface area contributed by atoms with E-state index in [0.717, 1.165) is 42.1 Å². The molecule has 31 heavy (non-hydrogen) atoms. The zero-order valence-corrected chi connectivity index (χ0v) is 17.8. The summed E-state index contributed by atoms with van der Waals surface area (Å²) >= 11 is 0. The van der Waals surface area contributed by atoms with Crippen molar-refractivity contribution in [1.82, 2.24) is 10.5 Å². The van der Waals surface area contributed by atoms with Crippen molar-refractivity contribution in [2.45, 2.75) is 45.4 Å². The summed E-state index contributed by atoms with van der Waals surface area (Å²) < 4.78 is 27.3. The van der Waals surface area contributed by atoms with Crippen LogP contribution in [-0.2, 0) is 0 Å². The molecule has 1 saturated carbocycles. The van der Waals surface area contributed by atoms with E-state index in [2.05, 4.69) is 22.4 Å². The lowest BCUT2D eigenvalue weighted by Gasteiger charge is -2.33. The van der Waals surface area contributed by atoms with Gasteiger partial charge in [-0.15, -0.1) is 0 Å². The van der Waals surface area contributed by atoms with E-state index in [1.54, 1.807) is 37.4 Å². The first kappa shape index (κ1) is 21.4. The molecule has 4 rings (SSSR count). The Morgan fingerprint density at radius 3 is 2.58 bits per heavy atom. The van der Waals surface area contributed by atoms with E-state index in [4.69, 9.17) is 0 Å². The molecule has 2 N–H and O–H groups in total. The molecule has 0 bridgehead atoms. The fourth-order valence-electron chi connectivity index (χ4n) is 4.72. The second-order valence-corrected chi connectivity index (χ2v) is 8.50. The molecule has 1 aromatic heterocycles. The van der Waals surface area contributed by atoms with Gasteiger partial charge in [-0.2, -0.15) is 0 Å². The molecule has 2 aromatic carbocycles. The van der Waals surface area contributed by atoms with Crippen molar-refractivity contribution in [3.05, 3.63) is 71.4 Å². The number of rotatable bonds is 4. The zero-order valence-electron chi connectivity index (χ0n) is 17.8. The van der Waals surface area contributed by atoms with Crippen LogP contribution in [0.5, 0.6) is 0 Å². The molecule has 0 amide bonds. The van der Waals surface area contributed by atoms with Gasteiger partial charge in [0.05, 0.1) is 11.2 Å². The Balaban J connectivity index is 1.48. The number of aromatic nitrogens is 1. The molecule has 6 heteroatoms. The molecule has 0 radical (unpaired) electrons. The molecule has 0 spiro atoms. The van der Waals surface area contributed by atoms with Crippen LogP contribution in [0.1, 0.15) is 49.7 Å². The van der Waals surface area contributed by atoms with E-state index in [-0.39, 0.29) is 17.6 Å². The summed E-state index contributed by atoms with van der Waals surface area (Å²) in [7, 11) is 0. The van der Waals surface area contributed by atoms with E-state index in [1.165, 1.54) is 12.1 Å². The van der Waals surface area contributed by atoms with E-state index in [1.807, 2.05) is 6.07 Å². The van der Waals surface area contributed by atoms with Crippen molar-refractivity contribution in [2.75, 3.05) is 0 Å². The first-order valence-corrected chi connectivity index (χ1v) is 10.7. The molecule has 1 aliphatic carbocycles. The minimum atomic E-state index is -0.271. The van der Waals surface area contributed by atoms with Gasteiger partial charge in [0.25, 0.3) is 0 Å². The molecule has 1 atom stereocenters. The largest absolute Gasteiger partial charge is 0.290 e. The Hall–Kier alpha value is -2.86. The SMILES string of the molecule is Cc1cc(N=C(NO)[C@H](C)C2CCC(c3ccnc4ccc(F)cc34)CC2)ccc1F. The third-order valence-electron chi connectivity index (χ3n) is 6.59. The van der Waals surface area contributed by atoms with Gasteiger partial charge in [0.2, 0.25) is 0 Å². The second kappa shape index (κ2) is 9.10. The highest BCUT2D eigenvalue weighted by atomic mass is 19.1. The van der Waals surface area contributed by atoms with Gasteiger partial charge in [-0.25, -0.2) is 13.8 Å². The minimum Gasteiger partial charge on any atom is -0.290 e. The minimum absolute atomic E-state index is 0.0305. The Labute approximate surface area is 181 Å². The van der Waals surface area contributed by atoms with Gasteiger partial charge in [-0.1, -0.05) is 6.92 Å². The number of hydrogen-bond acceptors (Lipinski definition) is 3. The number of benzene rings is 2. The Morgan fingerprint density at radius 1 is 1.10 bits per heavy atom. The summed E-state index contributed by atoms with van der Waals surface area (Å²) in [5.41, 5.74) is 5.38. The first-order valence-electron chi connectivity index (χ1n) is 10.7. The summed E-state index contributed by atoms with van der Waals surface area (Å²) in [6.07, 6.45) is 5.73. The fraction of sp³-hybridized carbons (Fsp3) is 0.360. The van der Waals surface area contributed by atoms with Crippen LogP contribution in [0, 0.1) is 30.4 Å². The van der Waals surface area contributed by atoms with Gasteiger partial charge < -0.3 is 0 Å². The molecule has 0 aliphatic heterocycles. The third kappa shape index (κ3) is 4.59. The van der Waals surface area contributed by atoms with Crippen LogP contribution in [0.25, 0.3) is 10.9 Å². The van der Waals surface area contributed by atoms with E-state index < -0.39 is 0 Å². The summed E-state index contributed by atoms with van der Waals surface area (Å²) in [4.78, 5) is 8.89. The van der Waals surface area contributed by atoms with Crippen LogP contribution in [0.2, 0.25) is 0 Å². The summed E-state index contributed by atoms with van der Waals surface area (Å²) in [6.45, 7) is 3.75. The maximum absolute atomic E-state index is 13.8. The number of nitrogens with one attached hydrogen (secondary N) is 1. The summed E-state index contributed by atoms with van der Waals surface area (Å²) in [5.74, 6) is 0.732. The van der Waals surface area contributed by atoms with Crippen LogP contribution in [-0.4, -0.2) is 16.0 Å². The Kier molecular flexibility index (Phi) is 6.28. The standard InChI is InChI=1S/C25H27F2N3O/c1-15-13-20(8-9-23(15)27)29-25(30-31)16(2)17-3-5-18(6-4-17)21-11-12-28-24-10-7-19(26)14-22(21)24/h7-14,16-18,31H,3-6H2,1-2H3,(H,29,30)/t16-,17?,18?/m1/s1. The van der Waals surface area contributed by atoms with Gasteiger partial charge >= 0.3 is 0 Å². The normalized spacial score (nSPS) is 20.6. The van der Waals surface area contributed by atoms with Crippen LogP contribution in [0.15, 0.2) is 53.7 Å². The van der Waals surface area contributed by atoms with Gasteiger partial charge in [-0.05, 0) is 98.0 Å². The van der Waals surface area contributed by atoms with Crippen molar-refractivity contribution < 1.29 is 14.0 Å². The number of amidine groups is 1. The van der Waals surface area contributed by atoms with Gasteiger partial charge in [0.15, 0.2) is 0 Å². The van der Waals surface area contributed by atoms with Crippen molar-refractivity contribution in [1.29, 1.82) is 0 Å². The predicted molar refractivity (Wildman–Crippen MR) is 119 cm³/mol. The van der Waals surface area contributed by atoms with Crippen LogP contribution in [0.3, 0.4) is 0 Å². The number of hydrogen-bond donors (Lipinski definition) is 2. The maximum Gasteiger partial charge on any atom is 0.129 e. The lowest BCUT2D eigenvalue weighted by Crippen LogP contribution is -2.33. The van der Waals surface area contributed by atoms with E-state index in [9.17, 15) is 14.0 Å². The maximum atomic E-state index is 13.8. The monoisotopic (exact) mass is 423 g/mol. The average molecular weight is 424 g/mol. The molecule has 0 unspecified atom stereocenters. The van der Waals surface area contributed by atoms with Gasteiger partial charge in [0.1, 0.15) is 17.5 Å². The molecule has 1 heterocycles. The van der Waals surface area contributed by atoms with Crippen molar-refractivity contribution in [2.24, 2.45) is 16.8 Å². The fourth-order valence-corrected chi connectivity index (χ4v) is 4.72. The third-order valence-corrected chi connectivity index (χ3v) is 6.59. The smallest absolute Gasteiger partial charge is 0.129 e. The molecule has 3 aromatic rings. The number of halogens is 2. The lowest BCUT2D eigenvalue weighted by molar-refractivity contribution is 0.213. The number of nitrogens with zero attached hydrogens (tertiary/aromatic N) is 2. The molecule has 162 valence electrons. The number of aryl methyl sites for hydroxylation is 1. The molecular weight excluding hydrogens is 396 g/mol. The highest BCUT2D eigenvalue weighted by Gasteiger charge is 2.29.